The van der Waals surface area contributed by atoms with Gasteiger partial charge in [0.05, 0.1) is 16.7 Å². The number of aliphatic imine (C=N–C) groups is 1. The second kappa shape index (κ2) is 7.84. The summed E-state index contributed by atoms with van der Waals surface area (Å²) in [4.78, 5) is 19.5. The number of amidine groups is 1. The zero-order chi connectivity index (χ0) is 18.7. The lowest BCUT2D eigenvalue weighted by molar-refractivity contribution is -0.132. The third-order valence-corrected chi connectivity index (χ3v) is 5.04. The van der Waals surface area contributed by atoms with E-state index < -0.39 is 5.54 Å². The average molecular weight is 414 g/mol. The Labute approximate surface area is 165 Å². The van der Waals surface area contributed by atoms with Crippen molar-refractivity contribution in [3.63, 3.8) is 0 Å². The van der Waals surface area contributed by atoms with Gasteiger partial charge in [-0.15, -0.1) is 0 Å². The van der Waals surface area contributed by atoms with Crippen molar-refractivity contribution >= 4 is 47.1 Å². The predicted molar refractivity (Wildman–Crippen MR) is 103 cm³/mol. The second-order valence-electron chi connectivity index (χ2n) is 5.97. The SMILES string of the molecule is CC1(c2cccc(-c3cc(Cl)cc(Cl)c3Cl)c2)COCC(NOC=O)=N1. The number of rotatable bonds is 4. The molecule has 5 nitrogen and oxygen atoms in total. The van der Waals surface area contributed by atoms with E-state index in [-0.39, 0.29) is 6.61 Å². The Hall–Kier alpha value is -1.79. The van der Waals surface area contributed by atoms with Gasteiger partial charge in [-0.25, -0.2) is 5.48 Å². The van der Waals surface area contributed by atoms with Gasteiger partial charge < -0.3 is 9.57 Å². The van der Waals surface area contributed by atoms with Crippen LogP contribution in [-0.4, -0.2) is 25.5 Å². The molecule has 1 aliphatic heterocycles. The third-order valence-electron chi connectivity index (χ3n) is 4.02. The first-order valence-corrected chi connectivity index (χ1v) is 8.83. The van der Waals surface area contributed by atoms with Crippen LogP contribution in [-0.2, 0) is 19.9 Å². The minimum atomic E-state index is -0.655. The minimum absolute atomic E-state index is 0.235. The molecule has 1 N–H and O–H groups in total. The molecule has 3 rings (SSSR count). The van der Waals surface area contributed by atoms with Crippen molar-refractivity contribution in [2.75, 3.05) is 13.2 Å². The minimum Gasteiger partial charge on any atom is -0.371 e. The van der Waals surface area contributed by atoms with E-state index in [1.54, 1.807) is 12.1 Å². The number of benzene rings is 2. The van der Waals surface area contributed by atoms with Gasteiger partial charge >= 0.3 is 6.47 Å². The van der Waals surface area contributed by atoms with E-state index in [1.807, 2.05) is 31.2 Å². The lowest BCUT2D eigenvalue weighted by atomic mass is 9.90. The van der Waals surface area contributed by atoms with Gasteiger partial charge in [-0.2, -0.15) is 0 Å². The summed E-state index contributed by atoms with van der Waals surface area (Å²) in [5.41, 5.74) is 4.31. The Morgan fingerprint density at radius 1 is 1.27 bits per heavy atom. The van der Waals surface area contributed by atoms with Crippen LogP contribution in [0.25, 0.3) is 11.1 Å². The lowest BCUT2D eigenvalue weighted by Crippen LogP contribution is -2.40. The van der Waals surface area contributed by atoms with Gasteiger partial charge in [-0.05, 0) is 36.2 Å². The molecule has 2 aromatic rings. The molecule has 0 saturated carbocycles. The number of nitrogens with zero attached hydrogens (tertiary/aromatic N) is 1. The van der Waals surface area contributed by atoms with Crippen LogP contribution in [0.1, 0.15) is 12.5 Å². The van der Waals surface area contributed by atoms with Crippen molar-refractivity contribution in [2.45, 2.75) is 12.5 Å². The molecule has 0 aliphatic carbocycles. The maximum absolute atomic E-state index is 10.4. The van der Waals surface area contributed by atoms with Crippen molar-refractivity contribution in [1.82, 2.24) is 5.48 Å². The maximum Gasteiger partial charge on any atom is 0.320 e. The molecule has 2 aromatic carbocycles. The molecule has 1 aliphatic rings. The normalized spacial score (nSPS) is 19.6. The zero-order valence-electron chi connectivity index (χ0n) is 13.8. The van der Waals surface area contributed by atoms with Crippen LogP contribution in [0.2, 0.25) is 15.1 Å². The fraction of sp³-hybridized carbons (Fsp3) is 0.222. The first-order valence-electron chi connectivity index (χ1n) is 7.70. The van der Waals surface area contributed by atoms with Crippen LogP contribution >= 0.6 is 34.8 Å². The van der Waals surface area contributed by atoms with Gasteiger partial charge in [-0.1, -0.05) is 53.0 Å². The first-order chi connectivity index (χ1) is 12.4. The zero-order valence-corrected chi connectivity index (χ0v) is 16.0. The van der Waals surface area contributed by atoms with Crippen molar-refractivity contribution in [2.24, 2.45) is 4.99 Å². The summed E-state index contributed by atoms with van der Waals surface area (Å²) in [5.74, 6) is 0.431. The largest absolute Gasteiger partial charge is 0.371 e. The highest BCUT2D eigenvalue weighted by Gasteiger charge is 2.31. The van der Waals surface area contributed by atoms with Crippen LogP contribution in [0.4, 0.5) is 0 Å². The van der Waals surface area contributed by atoms with Crippen LogP contribution < -0.4 is 5.48 Å². The summed E-state index contributed by atoms with van der Waals surface area (Å²) < 4.78 is 5.60. The number of carbonyl (C=O) groups excluding carboxylic acids is 1. The topological polar surface area (TPSA) is 59.9 Å². The Morgan fingerprint density at radius 3 is 2.85 bits per heavy atom. The van der Waals surface area contributed by atoms with E-state index in [0.717, 1.165) is 16.7 Å². The van der Waals surface area contributed by atoms with E-state index in [9.17, 15) is 4.79 Å². The quantitative estimate of drug-likeness (QED) is 0.451. The smallest absolute Gasteiger partial charge is 0.320 e. The van der Waals surface area contributed by atoms with Gasteiger partial charge in [0.15, 0.2) is 5.84 Å². The number of ether oxygens (including phenoxy) is 1. The van der Waals surface area contributed by atoms with Gasteiger partial charge in [0.25, 0.3) is 0 Å². The van der Waals surface area contributed by atoms with Crippen molar-refractivity contribution in [3.05, 3.63) is 57.0 Å². The molecule has 136 valence electrons. The summed E-state index contributed by atoms with van der Waals surface area (Å²) in [6.07, 6.45) is 0. The highest BCUT2D eigenvalue weighted by molar-refractivity contribution is 6.45. The molecular formula is C18H15Cl3N2O3. The summed E-state index contributed by atoms with van der Waals surface area (Å²) in [6, 6.07) is 11.1. The standard InChI is InChI=1S/C18H15Cl3N2O3/c1-18(9-25-8-16(22-18)23-26-10-24)12-4-2-3-11(5-12)14-6-13(19)7-15(20)17(14)21/h2-7,10H,8-9H2,1H3,(H,22,23). The molecule has 1 unspecified atom stereocenters. The molecule has 26 heavy (non-hydrogen) atoms. The van der Waals surface area contributed by atoms with Crippen molar-refractivity contribution in [3.8, 4) is 11.1 Å². The molecule has 0 spiro atoms. The molecule has 0 saturated heterocycles. The Kier molecular flexibility index (Phi) is 5.73. The van der Waals surface area contributed by atoms with Crippen LogP contribution in [0.15, 0.2) is 41.4 Å². The van der Waals surface area contributed by atoms with E-state index >= 15 is 0 Å². The Morgan fingerprint density at radius 2 is 2.08 bits per heavy atom. The molecule has 0 aromatic heterocycles. The number of hydroxylamine groups is 1. The van der Waals surface area contributed by atoms with Crippen molar-refractivity contribution in [1.29, 1.82) is 0 Å². The summed E-state index contributed by atoms with van der Waals surface area (Å²) in [5, 5.41) is 1.33. The van der Waals surface area contributed by atoms with Crippen LogP contribution in [0, 0.1) is 0 Å². The monoisotopic (exact) mass is 412 g/mol. The molecule has 8 heteroatoms. The van der Waals surface area contributed by atoms with Gasteiger partial charge in [0, 0.05) is 10.6 Å². The second-order valence-corrected chi connectivity index (χ2v) is 7.19. The van der Waals surface area contributed by atoms with Gasteiger partial charge in [0.2, 0.25) is 0 Å². The number of hydrogen-bond donors (Lipinski definition) is 1. The Balaban J connectivity index is 2.01. The lowest BCUT2D eigenvalue weighted by Gasteiger charge is -2.31. The fourth-order valence-corrected chi connectivity index (χ4v) is 3.50. The highest BCUT2D eigenvalue weighted by Crippen LogP contribution is 2.38. The first kappa shape index (κ1) is 19.0. The molecule has 0 radical (unpaired) electrons. The summed E-state index contributed by atoms with van der Waals surface area (Å²) >= 11 is 18.6. The van der Waals surface area contributed by atoms with E-state index in [4.69, 9.17) is 39.5 Å². The number of halogens is 3. The number of nitrogens with one attached hydrogen (secondary N) is 1. The number of carbonyl (C=O) groups is 1. The molecule has 0 bridgehead atoms. The Bertz CT molecular complexity index is 873. The summed E-state index contributed by atoms with van der Waals surface area (Å²) in [7, 11) is 0. The van der Waals surface area contributed by atoms with Crippen LogP contribution in [0.5, 0.6) is 0 Å². The molecular weight excluding hydrogens is 399 g/mol. The predicted octanol–water partition coefficient (Wildman–Crippen LogP) is 4.64. The molecule has 0 amide bonds. The molecule has 1 atom stereocenters. The van der Waals surface area contributed by atoms with Gasteiger partial charge in [-0.3, -0.25) is 9.79 Å². The van der Waals surface area contributed by atoms with E-state index in [1.165, 1.54) is 0 Å². The summed E-state index contributed by atoms with van der Waals surface area (Å²) in [6.45, 7) is 2.84. The maximum atomic E-state index is 10.4. The average Bonchev–Trinajstić information content (AvgIpc) is 2.63. The van der Waals surface area contributed by atoms with Gasteiger partial charge in [0.1, 0.15) is 12.1 Å². The van der Waals surface area contributed by atoms with Crippen LogP contribution in [0.3, 0.4) is 0 Å². The fourth-order valence-electron chi connectivity index (χ4n) is 2.79. The third kappa shape index (κ3) is 3.96. The van der Waals surface area contributed by atoms with E-state index in [2.05, 4.69) is 15.3 Å². The van der Waals surface area contributed by atoms with E-state index in [0.29, 0.717) is 34.0 Å². The highest BCUT2D eigenvalue weighted by atomic mass is 35.5. The number of hydrogen-bond acceptors (Lipinski definition) is 5. The molecule has 0 fully saturated rings. The van der Waals surface area contributed by atoms with Crippen molar-refractivity contribution < 1.29 is 14.4 Å². The molecule has 1 heterocycles.